The molecule has 0 aromatic heterocycles. The van der Waals surface area contributed by atoms with Crippen molar-refractivity contribution in [3.63, 3.8) is 0 Å². The third-order valence-electron chi connectivity index (χ3n) is 3.25. The van der Waals surface area contributed by atoms with E-state index in [1.165, 1.54) is 36.4 Å². The molecule has 0 aliphatic rings. The molecule has 0 N–H and O–H groups in total. The number of nitro benzene ring substituents is 1. The molecule has 0 unspecified atom stereocenters. The Hall–Kier alpha value is -2.75. The van der Waals surface area contributed by atoms with Crippen LogP contribution < -0.4 is 4.74 Å². The molecule has 27 heavy (non-hydrogen) atoms. The number of benzene rings is 2. The van der Waals surface area contributed by atoms with Crippen LogP contribution in [0.5, 0.6) is 5.75 Å². The smallest absolute Gasteiger partial charge is 0.428 e. The van der Waals surface area contributed by atoms with Crippen LogP contribution in [0.15, 0.2) is 53.0 Å². The van der Waals surface area contributed by atoms with Gasteiger partial charge in [-0.1, -0.05) is 18.2 Å². The number of carbonyl (C=O) groups excluding carboxylic acids is 1. The van der Waals surface area contributed by atoms with E-state index < -0.39 is 29.0 Å². The van der Waals surface area contributed by atoms with Crippen LogP contribution in [0, 0.1) is 10.1 Å². The van der Waals surface area contributed by atoms with Crippen LogP contribution in [0.1, 0.15) is 15.9 Å². The number of ketones is 1. The van der Waals surface area contributed by atoms with Gasteiger partial charge in [-0.15, -0.1) is 0 Å². The Balaban J connectivity index is 2.26. The first-order chi connectivity index (χ1) is 12.6. The fourth-order valence-electron chi connectivity index (χ4n) is 2.02. The van der Waals surface area contributed by atoms with E-state index in [-0.39, 0.29) is 16.8 Å². The van der Waals surface area contributed by atoms with Gasteiger partial charge in [0.05, 0.1) is 10.5 Å². The number of allylic oxidation sites excluding steroid dienone is 1. The van der Waals surface area contributed by atoms with Gasteiger partial charge in [-0.3, -0.25) is 14.9 Å². The van der Waals surface area contributed by atoms with E-state index in [0.29, 0.717) is 4.47 Å². The number of hydrogen-bond acceptors (Lipinski definition) is 4. The maximum Gasteiger partial charge on any atom is 0.461 e. The van der Waals surface area contributed by atoms with Crippen LogP contribution in [-0.2, 0) is 0 Å². The largest absolute Gasteiger partial charge is 0.461 e. The van der Waals surface area contributed by atoms with Crippen molar-refractivity contribution in [2.24, 2.45) is 0 Å². The highest BCUT2D eigenvalue weighted by atomic mass is 79.9. The lowest BCUT2D eigenvalue weighted by Gasteiger charge is -2.16. The molecule has 0 fully saturated rings. The lowest BCUT2D eigenvalue weighted by molar-refractivity contribution is -0.385. The summed E-state index contributed by atoms with van der Waals surface area (Å²) in [5.74, 6) is -1.31. The topological polar surface area (TPSA) is 69.4 Å². The molecule has 2 aromatic carbocycles. The average Bonchev–Trinajstić information content (AvgIpc) is 2.59. The Bertz CT molecular complexity index is 902. The second-order valence-corrected chi connectivity index (χ2v) is 5.97. The normalized spacial score (nSPS) is 11.8. The highest BCUT2D eigenvalue weighted by Gasteiger charge is 2.44. The number of rotatable bonds is 7. The number of ether oxygens (including phenoxy) is 1. The van der Waals surface area contributed by atoms with Gasteiger partial charge in [0.25, 0.3) is 5.69 Å². The minimum absolute atomic E-state index is 0.122. The molecular formula is C17H10BrF4NO4. The fraction of sp³-hybridized carbons (Fsp3) is 0.118. The third-order valence-corrected chi connectivity index (χ3v) is 3.95. The van der Waals surface area contributed by atoms with Gasteiger partial charge in [-0.25, -0.2) is 0 Å². The number of hydrogen-bond donors (Lipinski definition) is 0. The van der Waals surface area contributed by atoms with Crippen molar-refractivity contribution in [1.29, 1.82) is 0 Å². The van der Waals surface area contributed by atoms with E-state index in [1.807, 2.05) is 0 Å². The van der Waals surface area contributed by atoms with E-state index in [9.17, 15) is 32.5 Å². The van der Waals surface area contributed by atoms with Gasteiger partial charge in [0, 0.05) is 16.1 Å². The summed E-state index contributed by atoms with van der Waals surface area (Å²) >= 11 is 3.14. The van der Waals surface area contributed by atoms with Crippen LogP contribution in [-0.4, -0.2) is 23.2 Å². The SMILES string of the molecule is O=C(C=Cc1c(Br)cccc1[N+](=O)[O-])c1cccc(OC(F)(F)C(F)F)c1. The first-order valence-corrected chi connectivity index (χ1v) is 8.01. The molecule has 0 amide bonds. The number of carbonyl (C=O) groups is 1. The summed E-state index contributed by atoms with van der Waals surface area (Å²) < 4.78 is 54.6. The summed E-state index contributed by atoms with van der Waals surface area (Å²) in [6.07, 6.45) is -6.55. The second-order valence-electron chi connectivity index (χ2n) is 5.12. The lowest BCUT2D eigenvalue weighted by Crippen LogP contribution is -2.33. The van der Waals surface area contributed by atoms with Gasteiger partial charge in [-0.2, -0.15) is 17.6 Å². The van der Waals surface area contributed by atoms with Crippen LogP contribution in [0.25, 0.3) is 6.08 Å². The molecular weight excluding hydrogens is 438 g/mol. The Morgan fingerprint density at radius 3 is 2.52 bits per heavy atom. The average molecular weight is 448 g/mol. The highest BCUT2D eigenvalue weighted by Crippen LogP contribution is 2.29. The molecule has 0 aliphatic carbocycles. The van der Waals surface area contributed by atoms with Crippen molar-refractivity contribution in [3.8, 4) is 5.75 Å². The number of alkyl halides is 4. The highest BCUT2D eigenvalue weighted by molar-refractivity contribution is 9.10. The predicted octanol–water partition coefficient (Wildman–Crippen LogP) is 5.49. The second kappa shape index (κ2) is 8.30. The Morgan fingerprint density at radius 1 is 1.22 bits per heavy atom. The molecule has 0 aliphatic heterocycles. The summed E-state index contributed by atoms with van der Waals surface area (Å²) in [6, 6.07) is 8.54. The molecule has 0 atom stereocenters. The Morgan fingerprint density at radius 2 is 1.89 bits per heavy atom. The Labute approximate surface area is 158 Å². The summed E-state index contributed by atoms with van der Waals surface area (Å²) in [5.41, 5.74) is -0.238. The van der Waals surface area contributed by atoms with Crippen molar-refractivity contribution < 1.29 is 32.0 Å². The third kappa shape index (κ3) is 5.13. The molecule has 142 valence electrons. The summed E-state index contributed by atoms with van der Waals surface area (Å²) in [4.78, 5) is 22.6. The molecule has 2 rings (SSSR count). The van der Waals surface area contributed by atoms with Crippen molar-refractivity contribution >= 4 is 33.5 Å². The predicted molar refractivity (Wildman–Crippen MR) is 92.2 cm³/mol. The lowest BCUT2D eigenvalue weighted by atomic mass is 10.1. The maximum atomic E-state index is 13.0. The van der Waals surface area contributed by atoms with Gasteiger partial charge < -0.3 is 4.74 Å². The molecule has 0 spiro atoms. The molecule has 5 nitrogen and oxygen atoms in total. The zero-order chi connectivity index (χ0) is 20.2. The molecule has 0 bridgehead atoms. The summed E-state index contributed by atoms with van der Waals surface area (Å²) in [6.45, 7) is 0. The quantitative estimate of drug-likeness (QED) is 0.185. The minimum atomic E-state index is -4.70. The van der Waals surface area contributed by atoms with E-state index in [1.54, 1.807) is 0 Å². The first kappa shape index (κ1) is 20.6. The van der Waals surface area contributed by atoms with E-state index in [4.69, 9.17) is 0 Å². The first-order valence-electron chi connectivity index (χ1n) is 7.22. The Kier molecular flexibility index (Phi) is 6.32. The van der Waals surface area contributed by atoms with Crippen molar-refractivity contribution in [1.82, 2.24) is 0 Å². The summed E-state index contributed by atoms with van der Waals surface area (Å²) in [7, 11) is 0. The van der Waals surface area contributed by atoms with Gasteiger partial charge in [0.1, 0.15) is 5.75 Å². The van der Waals surface area contributed by atoms with Crippen LogP contribution in [0.4, 0.5) is 23.2 Å². The van der Waals surface area contributed by atoms with Gasteiger partial charge >= 0.3 is 12.5 Å². The van der Waals surface area contributed by atoms with Crippen LogP contribution >= 0.6 is 15.9 Å². The van der Waals surface area contributed by atoms with Gasteiger partial charge in [0.15, 0.2) is 5.78 Å². The fourth-order valence-corrected chi connectivity index (χ4v) is 2.51. The molecule has 0 radical (unpaired) electrons. The van der Waals surface area contributed by atoms with E-state index >= 15 is 0 Å². The zero-order valence-corrected chi connectivity index (χ0v) is 14.8. The van der Waals surface area contributed by atoms with E-state index in [2.05, 4.69) is 20.7 Å². The molecule has 0 saturated heterocycles. The van der Waals surface area contributed by atoms with Crippen LogP contribution in [0.3, 0.4) is 0 Å². The van der Waals surface area contributed by atoms with Crippen LogP contribution in [0.2, 0.25) is 0 Å². The number of halogens is 5. The minimum Gasteiger partial charge on any atom is -0.428 e. The molecule has 0 heterocycles. The van der Waals surface area contributed by atoms with Crippen molar-refractivity contribution in [2.75, 3.05) is 0 Å². The number of nitrogens with zero attached hydrogens (tertiary/aromatic N) is 1. The van der Waals surface area contributed by atoms with Gasteiger partial charge in [-0.05, 0) is 46.3 Å². The van der Waals surface area contributed by atoms with Gasteiger partial charge in [0.2, 0.25) is 0 Å². The number of nitro groups is 1. The molecule has 10 heteroatoms. The molecule has 0 saturated carbocycles. The standard InChI is InChI=1S/C17H10BrF4NO4/c18-13-5-2-6-14(23(25)26)12(13)7-8-15(24)10-3-1-4-11(9-10)27-17(21,22)16(19)20/h1-9,16H. The zero-order valence-electron chi connectivity index (χ0n) is 13.2. The van der Waals surface area contributed by atoms with Crippen molar-refractivity contribution in [3.05, 3.63) is 74.3 Å². The molecule has 2 aromatic rings. The van der Waals surface area contributed by atoms with E-state index in [0.717, 1.165) is 18.2 Å². The maximum absolute atomic E-state index is 13.0. The summed E-state index contributed by atoms with van der Waals surface area (Å²) in [5, 5.41) is 11.0. The van der Waals surface area contributed by atoms with Crippen molar-refractivity contribution in [2.45, 2.75) is 12.5 Å². The monoisotopic (exact) mass is 447 g/mol.